The van der Waals surface area contributed by atoms with Crippen LogP contribution in [-0.4, -0.2) is 26.3 Å². The molecule has 0 aliphatic rings. The molecule has 0 bridgehead atoms. The molecule has 0 fully saturated rings. The number of rotatable bonds is 5. The van der Waals surface area contributed by atoms with Crippen molar-refractivity contribution in [2.45, 2.75) is 6.42 Å². The van der Waals surface area contributed by atoms with Crippen molar-refractivity contribution >= 4 is 27.7 Å². The van der Waals surface area contributed by atoms with Crippen LogP contribution in [0.25, 0.3) is 0 Å². The molecule has 4 N–H and O–H groups in total. The van der Waals surface area contributed by atoms with E-state index in [-0.39, 0.29) is 0 Å². The van der Waals surface area contributed by atoms with Crippen LogP contribution in [0.1, 0.15) is 5.69 Å². The molecule has 0 radical (unpaired) electrons. The predicted molar refractivity (Wildman–Crippen MR) is 72.9 cm³/mol. The van der Waals surface area contributed by atoms with Crippen molar-refractivity contribution in [1.82, 2.24) is 19.7 Å². The normalized spacial score (nSPS) is 10.4. The van der Waals surface area contributed by atoms with Crippen LogP contribution >= 0.6 is 15.9 Å². The van der Waals surface area contributed by atoms with E-state index in [1.54, 1.807) is 12.4 Å². The Kier molecular flexibility index (Phi) is 4.11. The quantitative estimate of drug-likeness (QED) is 0.561. The molecule has 2 aromatic rings. The summed E-state index contributed by atoms with van der Waals surface area (Å²) in [5, 5.41) is 7.33. The number of aryl methyl sites for hydroxylation is 1. The van der Waals surface area contributed by atoms with Gasteiger partial charge in [0.25, 0.3) is 0 Å². The lowest BCUT2D eigenvalue weighted by Crippen LogP contribution is -2.13. The Hall–Kier alpha value is -1.67. The zero-order chi connectivity index (χ0) is 13.0. The number of nitrogen functional groups attached to an aromatic ring is 1. The van der Waals surface area contributed by atoms with Gasteiger partial charge in [-0.05, 0) is 22.0 Å². The second-order valence-corrected chi connectivity index (χ2v) is 4.51. The molecule has 0 saturated carbocycles. The highest BCUT2D eigenvalue weighted by molar-refractivity contribution is 9.10. The van der Waals surface area contributed by atoms with Crippen LogP contribution in [0.2, 0.25) is 0 Å². The summed E-state index contributed by atoms with van der Waals surface area (Å²) in [6.07, 6.45) is 4.29. The van der Waals surface area contributed by atoms with E-state index in [0.717, 1.165) is 23.1 Å². The van der Waals surface area contributed by atoms with Gasteiger partial charge in [0.2, 0.25) is 5.95 Å². The van der Waals surface area contributed by atoms with E-state index in [4.69, 9.17) is 5.84 Å². The van der Waals surface area contributed by atoms with Gasteiger partial charge in [-0.3, -0.25) is 10.1 Å². The molecule has 0 aliphatic heterocycles. The molecule has 96 valence electrons. The van der Waals surface area contributed by atoms with E-state index in [1.165, 1.54) is 0 Å². The summed E-state index contributed by atoms with van der Waals surface area (Å²) in [5.74, 6) is 6.35. The Balaban J connectivity index is 1.96. The lowest BCUT2D eigenvalue weighted by molar-refractivity contribution is 0.711. The fourth-order valence-electron chi connectivity index (χ4n) is 1.52. The maximum Gasteiger partial charge on any atom is 0.239 e. The third-order valence-electron chi connectivity index (χ3n) is 2.47. The zero-order valence-corrected chi connectivity index (χ0v) is 11.5. The summed E-state index contributed by atoms with van der Waals surface area (Å²) in [7, 11) is 1.92. The lowest BCUT2D eigenvalue weighted by atomic mass is 10.3. The molecular weight excluding hydrogens is 298 g/mol. The molecule has 0 saturated heterocycles. The fourth-order valence-corrected chi connectivity index (χ4v) is 1.85. The van der Waals surface area contributed by atoms with Gasteiger partial charge < -0.3 is 5.32 Å². The number of hydrazine groups is 1. The highest BCUT2D eigenvalue weighted by atomic mass is 79.9. The smallest absolute Gasteiger partial charge is 0.239 e. The van der Waals surface area contributed by atoms with Crippen LogP contribution in [0.3, 0.4) is 0 Å². The molecular formula is C10H14BrN7. The number of nitrogens with one attached hydrogen (secondary N) is 2. The fraction of sp³-hybridized carbons (Fsp3) is 0.300. The summed E-state index contributed by atoms with van der Waals surface area (Å²) in [6.45, 7) is 0.749. The van der Waals surface area contributed by atoms with Crippen molar-refractivity contribution in [2.75, 3.05) is 17.3 Å². The van der Waals surface area contributed by atoms with Gasteiger partial charge >= 0.3 is 0 Å². The Labute approximate surface area is 113 Å². The van der Waals surface area contributed by atoms with E-state index in [9.17, 15) is 0 Å². The molecule has 0 aromatic carbocycles. The largest absolute Gasteiger partial charge is 0.369 e. The van der Waals surface area contributed by atoms with Gasteiger partial charge in [0.1, 0.15) is 5.82 Å². The third kappa shape index (κ3) is 2.96. The van der Waals surface area contributed by atoms with Gasteiger partial charge in [-0.2, -0.15) is 10.1 Å². The number of nitrogens with two attached hydrogens (primary N) is 1. The molecule has 0 aliphatic carbocycles. The third-order valence-corrected chi connectivity index (χ3v) is 3.05. The first-order chi connectivity index (χ1) is 8.70. The first-order valence-corrected chi connectivity index (χ1v) is 6.20. The molecule has 0 spiro atoms. The molecule has 18 heavy (non-hydrogen) atoms. The van der Waals surface area contributed by atoms with Gasteiger partial charge in [-0.1, -0.05) is 0 Å². The first kappa shape index (κ1) is 12.8. The second kappa shape index (κ2) is 5.78. The van der Waals surface area contributed by atoms with Crippen LogP contribution < -0.4 is 16.6 Å². The average molecular weight is 312 g/mol. The van der Waals surface area contributed by atoms with Gasteiger partial charge in [0.15, 0.2) is 0 Å². The average Bonchev–Trinajstić information content (AvgIpc) is 2.77. The minimum Gasteiger partial charge on any atom is -0.369 e. The van der Waals surface area contributed by atoms with Gasteiger partial charge in [-0.15, -0.1) is 0 Å². The SMILES string of the molecule is Cn1nccc1CCNc1nc(NN)ncc1Br. The summed E-state index contributed by atoms with van der Waals surface area (Å²) in [5.41, 5.74) is 3.57. The maximum absolute atomic E-state index is 5.26. The van der Waals surface area contributed by atoms with Crippen LogP contribution in [0.15, 0.2) is 22.9 Å². The van der Waals surface area contributed by atoms with E-state index < -0.39 is 0 Å². The monoisotopic (exact) mass is 311 g/mol. The highest BCUT2D eigenvalue weighted by Crippen LogP contribution is 2.19. The number of hydrogen-bond acceptors (Lipinski definition) is 6. The molecule has 0 amide bonds. The van der Waals surface area contributed by atoms with Crippen molar-refractivity contribution in [3.05, 3.63) is 28.6 Å². The molecule has 2 heterocycles. The van der Waals surface area contributed by atoms with Gasteiger partial charge in [0, 0.05) is 38.1 Å². The van der Waals surface area contributed by atoms with E-state index >= 15 is 0 Å². The number of hydrogen-bond donors (Lipinski definition) is 3. The summed E-state index contributed by atoms with van der Waals surface area (Å²) < 4.78 is 2.65. The van der Waals surface area contributed by atoms with Crippen LogP contribution in [0.5, 0.6) is 0 Å². The number of anilines is 2. The van der Waals surface area contributed by atoms with E-state index in [1.807, 2.05) is 17.8 Å². The van der Waals surface area contributed by atoms with E-state index in [0.29, 0.717) is 11.8 Å². The minimum atomic E-state index is 0.376. The summed E-state index contributed by atoms with van der Waals surface area (Å²) in [6, 6.07) is 1.99. The number of nitrogens with zero attached hydrogens (tertiary/aromatic N) is 4. The molecule has 7 nitrogen and oxygen atoms in total. The van der Waals surface area contributed by atoms with E-state index in [2.05, 4.69) is 41.7 Å². The van der Waals surface area contributed by atoms with Gasteiger partial charge in [-0.25, -0.2) is 10.8 Å². The maximum atomic E-state index is 5.26. The molecule has 0 unspecified atom stereocenters. The standard InChI is InChI=1S/C10H14BrN7/c1-18-7(3-5-15-18)2-4-13-9-8(11)6-14-10(16-9)17-12/h3,5-6H,2,4,12H2,1H3,(H2,13,14,16,17). The number of halogens is 1. The van der Waals surface area contributed by atoms with Crippen molar-refractivity contribution in [3.63, 3.8) is 0 Å². The Morgan fingerprint density at radius 1 is 1.50 bits per heavy atom. The molecule has 2 aromatic heterocycles. The Morgan fingerprint density at radius 2 is 2.33 bits per heavy atom. The van der Waals surface area contributed by atoms with Crippen LogP contribution in [0.4, 0.5) is 11.8 Å². The molecule has 0 atom stereocenters. The Bertz CT molecular complexity index is 525. The molecule has 2 rings (SSSR count). The first-order valence-electron chi connectivity index (χ1n) is 5.40. The van der Waals surface area contributed by atoms with Crippen molar-refractivity contribution < 1.29 is 0 Å². The van der Waals surface area contributed by atoms with Crippen molar-refractivity contribution in [2.24, 2.45) is 12.9 Å². The van der Waals surface area contributed by atoms with Crippen LogP contribution in [0, 0.1) is 0 Å². The topological polar surface area (TPSA) is 93.7 Å². The zero-order valence-electron chi connectivity index (χ0n) is 9.89. The minimum absolute atomic E-state index is 0.376. The highest BCUT2D eigenvalue weighted by Gasteiger charge is 2.04. The van der Waals surface area contributed by atoms with Crippen molar-refractivity contribution in [1.29, 1.82) is 0 Å². The van der Waals surface area contributed by atoms with Crippen molar-refractivity contribution in [3.8, 4) is 0 Å². The lowest BCUT2D eigenvalue weighted by Gasteiger charge is -2.08. The predicted octanol–water partition coefficient (Wildman–Crippen LogP) is 0.913. The van der Waals surface area contributed by atoms with Crippen LogP contribution in [-0.2, 0) is 13.5 Å². The number of aromatic nitrogens is 4. The molecule has 8 heteroatoms. The second-order valence-electron chi connectivity index (χ2n) is 3.66. The van der Waals surface area contributed by atoms with Gasteiger partial charge in [0.05, 0.1) is 4.47 Å². The Morgan fingerprint density at radius 3 is 3.00 bits per heavy atom. The summed E-state index contributed by atoms with van der Waals surface area (Å²) >= 11 is 3.38. The summed E-state index contributed by atoms with van der Waals surface area (Å²) in [4.78, 5) is 8.19.